The van der Waals surface area contributed by atoms with E-state index in [1.54, 1.807) is 48.5 Å². The Balaban J connectivity index is 0.00000256. The van der Waals surface area contributed by atoms with Gasteiger partial charge in [-0.1, -0.05) is 121 Å². The molecule has 4 rings (SSSR count). The predicted molar refractivity (Wildman–Crippen MR) is 123 cm³/mol. The van der Waals surface area contributed by atoms with E-state index >= 15 is 0 Å². The average molecular weight is 439 g/mol. The summed E-state index contributed by atoms with van der Waals surface area (Å²) in [7, 11) is -7.03. The molecule has 0 N–H and O–H groups in total. The summed E-state index contributed by atoms with van der Waals surface area (Å²) in [6.45, 7) is 0. The molecule has 6 heteroatoms. The van der Waals surface area contributed by atoms with Gasteiger partial charge in [-0.25, -0.2) is 0 Å². The molecule has 0 saturated heterocycles. The van der Waals surface area contributed by atoms with E-state index in [-0.39, 0.29) is 29.6 Å². The van der Waals surface area contributed by atoms with Crippen molar-refractivity contribution in [2.24, 2.45) is 0 Å². The van der Waals surface area contributed by atoms with Crippen molar-refractivity contribution in [3.8, 4) is 0 Å². The molecular formula is C24H20NNaO2P2. The van der Waals surface area contributed by atoms with Crippen molar-refractivity contribution >= 4 is 35.8 Å². The monoisotopic (exact) mass is 439 g/mol. The maximum Gasteiger partial charge on any atom is 1.00 e. The number of nitrogens with zero attached hydrogens (tertiary/aromatic N) is 1. The van der Waals surface area contributed by atoms with Gasteiger partial charge in [0, 0.05) is 0 Å². The minimum Gasteiger partial charge on any atom is -0.529 e. The van der Waals surface area contributed by atoms with Crippen LogP contribution in [-0.4, -0.2) is 0 Å². The molecule has 0 fully saturated rings. The van der Waals surface area contributed by atoms with E-state index in [9.17, 15) is 9.13 Å². The minimum atomic E-state index is -3.51. The molecule has 30 heavy (non-hydrogen) atoms. The van der Waals surface area contributed by atoms with Crippen LogP contribution in [0.1, 0.15) is 0 Å². The molecule has 4 aromatic carbocycles. The Kier molecular flexibility index (Phi) is 7.71. The van der Waals surface area contributed by atoms with Crippen LogP contribution >= 0.6 is 14.6 Å². The first-order valence-electron chi connectivity index (χ1n) is 9.30. The number of hydrogen-bond donors (Lipinski definition) is 0. The zero-order valence-electron chi connectivity index (χ0n) is 16.7. The molecule has 0 unspecified atom stereocenters. The Morgan fingerprint density at radius 3 is 0.800 bits per heavy atom. The molecule has 0 aliphatic rings. The predicted octanol–water partition coefficient (Wildman–Crippen LogP) is 2.22. The first kappa shape index (κ1) is 23.0. The molecule has 0 aliphatic heterocycles. The summed E-state index contributed by atoms with van der Waals surface area (Å²) < 4.78 is 28.9. The number of hydrogen-bond acceptors (Lipinski definition) is 2. The molecule has 0 saturated carbocycles. The van der Waals surface area contributed by atoms with Gasteiger partial charge < -0.3 is 14.0 Å². The van der Waals surface area contributed by atoms with E-state index < -0.39 is 14.6 Å². The topological polar surface area (TPSA) is 48.2 Å². The summed E-state index contributed by atoms with van der Waals surface area (Å²) in [5, 5.41) is 2.27. The normalized spacial score (nSPS) is 11.5. The van der Waals surface area contributed by atoms with Crippen LogP contribution in [0.25, 0.3) is 4.86 Å². The van der Waals surface area contributed by atoms with Crippen molar-refractivity contribution in [2.45, 2.75) is 0 Å². The van der Waals surface area contributed by atoms with Crippen LogP contribution in [0.2, 0.25) is 0 Å². The van der Waals surface area contributed by atoms with E-state index in [1.807, 2.05) is 72.8 Å². The largest absolute Gasteiger partial charge is 1.00 e. The second-order valence-electron chi connectivity index (χ2n) is 6.58. The van der Waals surface area contributed by atoms with Crippen LogP contribution < -0.4 is 50.8 Å². The summed E-state index contributed by atoms with van der Waals surface area (Å²) in [6.07, 6.45) is 0. The summed E-state index contributed by atoms with van der Waals surface area (Å²) in [5.74, 6) is 0. The quantitative estimate of drug-likeness (QED) is 0.342. The zero-order chi connectivity index (χ0) is 20.2. The third-order valence-corrected chi connectivity index (χ3v) is 10.7. The van der Waals surface area contributed by atoms with E-state index in [1.165, 1.54) is 0 Å². The smallest absolute Gasteiger partial charge is 0.529 e. The summed E-state index contributed by atoms with van der Waals surface area (Å²) >= 11 is 0. The fraction of sp³-hybridized carbons (Fsp3) is 0. The molecule has 144 valence electrons. The standard InChI is InChI=1S/C24H20NO2P2.Na/c26-28(21-13-5-1-6-14-21,22-15-7-2-8-16-22)25-29(27,23-17-9-3-10-18-23)24-19-11-4-12-20-24;/h1-20H;/q-1;+1. The molecule has 0 spiro atoms. The zero-order valence-corrected chi connectivity index (χ0v) is 20.5. The molecule has 0 atom stereocenters. The molecule has 0 aliphatic carbocycles. The second kappa shape index (κ2) is 10.1. The van der Waals surface area contributed by atoms with Crippen LogP contribution in [-0.2, 0) is 9.13 Å². The van der Waals surface area contributed by atoms with E-state index in [0.29, 0.717) is 21.2 Å². The minimum absolute atomic E-state index is 0. The van der Waals surface area contributed by atoms with Crippen molar-refractivity contribution in [2.75, 3.05) is 0 Å². The summed E-state index contributed by atoms with van der Waals surface area (Å²) in [4.78, 5) is 4.73. The number of benzene rings is 4. The van der Waals surface area contributed by atoms with E-state index in [2.05, 4.69) is 0 Å². The Hall–Kier alpha value is -1.70. The number of rotatable bonds is 6. The molecule has 0 aromatic heterocycles. The first-order chi connectivity index (χ1) is 14.1. The van der Waals surface area contributed by atoms with E-state index in [0.717, 1.165) is 0 Å². The van der Waals surface area contributed by atoms with Crippen molar-refractivity contribution in [3.63, 3.8) is 0 Å². The van der Waals surface area contributed by atoms with Gasteiger partial charge in [-0.2, -0.15) is 0 Å². The molecule has 0 radical (unpaired) electrons. The molecule has 3 nitrogen and oxygen atoms in total. The van der Waals surface area contributed by atoms with Gasteiger partial charge in [0.25, 0.3) is 0 Å². The first-order valence-corrected chi connectivity index (χ1v) is 12.6. The third-order valence-electron chi connectivity index (χ3n) is 4.68. The van der Waals surface area contributed by atoms with Gasteiger partial charge >= 0.3 is 29.6 Å². The van der Waals surface area contributed by atoms with Crippen LogP contribution in [0.15, 0.2) is 121 Å². The molecule has 0 heterocycles. The van der Waals surface area contributed by atoms with Crippen LogP contribution in [0, 0.1) is 0 Å². The SMILES string of the molecule is O=P([N-]P(=O)(c1ccccc1)c1ccccc1)(c1ccccc1)c1ccccc1.[Na+]. The second-order valence-corrected chi connectivity index (χ2v) is 11.7. The Morgan fingerprint density at radius 2 is 0.600 bits per heavy atom. The summed E-state index contributed by atoms with van der Waals surface area (Å²) in [5.41, 5.74) is 0. The van der Waals surface area contributed by atoms with Gasteiger partial charge in [-0.3, -0.25) is 0 Å². The Bertz CT molecular complexity index is 989. The fourth-order valence-electron chi connectivity index (χ4n) is 3.20. The summed E-state index contributed by atoms with van der Waals surface area (Å²) in [6, 6.07) is 36.4. The molecule has 0 amide bonds. The van der Waals surface area contributed by atoms with Gasteiger partial charge in [0.15, 0.2) is 0 Å². The van der Waals surface area contributed by atoms with Gasteiger partial charge in [-0.15, -0.1) is 0 Å². The van der Waals surface area contributed by atoms with Gasteiger partial charge in [-0.05, 0) is 21.2 Å². The fourth-order valence-corrected chi connectivity index (χ4v) is 9.18. The Labute approximate surface area is 199 Å². The van der Waals surface area contributed by atoms with Crippen molar-refractivity contribution in [3.05, 3.63) is 126 Å². The maximum atomic E-state index is 14.4. The van der Waals surface area contributed by atoms with Crippen LogP contribution in [0.4, 0.5) is 0 Å². The average Bonchev–Trinajstić information content (AvgIpc) is 2.81. The maximum absolute atomic E-state index is 14.4. The molecular weight excluding hydrogens is 419 g/mol. The van der Waals surface area contributed by atoms with Crippen LogP contribution in [0.5, 0.6) is 0 Å². The van der Waals surface area contributed by atoms with E-state index in [4.69, 9.17) is 4.86 Å². The van der Waals surface area contributed by atoms with Gasteiger partial charge in [0.2, 0.25) is 0 Å². The van der Waals surface area contributed by atoms with Crippen molar-refractivity contribution in [1.29, 1.82) is 0 Å². The molecule has 0 bridgehead atoms. The van der Waals surface area contributed by atoms with Crippen LogP contribution in [0.3, 0.4) is 0 Å². The Morgan fingerprint density at radius 1 is 0.400 bits per heavy atom. The van der Waals surface area contributed by atoms with Crippen molar-refractivity contribution in [1.82, 2.24) is 0 Å². The van der Waals surface area contributed by atoms with Crippen molar-refractivity contribution < 1.29 is 38.7 Å². The third kappa shape index (κ3) is 4.63. The van der Waals surface area contributed by atoms with Gasteiger partial charge in [0.1, 0.15) is 0 Å². The van der Waals surface area contributed by atoms with Gasteiger partial charge in [0.05, 0.1) is 14.6 Å². The molecule has 4 aromatic rings.